The first kappa shape index (κ1) is 20.4. The summed E-state index contributed by atoms with van der Waals surface area (Å²) in [6.07, 6.45) is 1.74. The molecule has 8 heteroatoms. The van der Waals surface area contributed by atoms with Crippen LogP contribution < -0.4 is 10.1 Å². The highest BCUT2D eigenvalue weighted by Crippen LogP contribution is 2.34. The SMILES string of the molecule is COc1ccc(NC(=O)C(C)N2C(=O)/C(=C/c3ccc(Cl)cc3)SC2=S)cc1. The van der Waals surface area contributed by atoms with Gasteiger partial charge in [0.25, 0.3) is 5.91 Å². The van der Waals surface area contributed by atoms with Crippen molar-refractivity contribution >= 4 is 63.5 Å². The van der Waals surface area contributed by atoms with E-state index in [0.29, 0.717) is 25.7 Å². The van der Waals surface area contributed by atoms with Crippen LogP contribution in [0.3, 0.4) is 0 Å². The van der Waals surface area contributed by atoms with Crippen LogP contribution in [0.1, 0.15) is 12.5 Å². The van der Waals surface area contributed by atoms with Gasteiger partial charge in [-0.1, -0.05) is 47.7 Å². The van der Waals surface area contributed by atoms with Crippen LogP contribution in [0.4, 0.5) is 5.69 Å². The van der Waals surface area contributed by atoms with Crippen molar-refractivity contribution in [2.24, 2.45) is 0 Å². The summed E-state index contributed by atoms with van der Waals surface area (Å²) >= 11 is 12.4. The lowest BCUT2D eigenvalue weighted by Crippen LogP contribution is -2.44. The molecule has 1 atom stereocenters. The first-order valence-electron chi connectivity index (χ1n) is 8.36. The Hall–Kier alpha value is -2.35. The van der Waals surface area contributed by atoms with Crippen LogP contribution in [0, 0.1) is 0 Å². The largest absolute Gasteiger partial charge is 0.497 e. The third-order valence-corrected chi connectivity index (χ3v) is 5.70. The van der Waals surface area contributed by atoms with Gasteiger partial charge in [0, 0.05) is 10.7 Å². The molecule has 0 radical (unpaired) electrons. The number of thiocarbonyl (C=S) groups is 1. The number of nitrogens with zero attached hydrogens (tertiary/aromatic N) is 1. The van der Waals surface area contributed by atoms with Crippen molar-refractivity contribution in [3.8, 4) is 5.75 Å². The van der Waals surface area contributed by atoms with Gasteiger partial charge in [0.1, 0.15) is 16.1 Å². The number of hydrogen-bond acceptors (Lipinski definition) is 5. The van der Waals surface area contributed by atoms with Gasteiger partial charge < -0.3 is 10.1 Å². The fourth-order valence-electron chi connectivity index (χ4n) is 2.56. The van der Waals surface area contributed by atoms with Crippen molar-refractivity contribution in [3.63, 3.8) is 0 Å². The Morgan fingerprint density at radius 1 is 1.21 bits per heavy atom. The lowest BCUT2D eigenvalue weighted by molar-refractivity contribution is -0.129. The number of halogens is 1. The van der Waals surface area contributed by atoms with Gasteiger partial charge in [0.2, 0.25) is 5.91 Å². The van der Waals surface area contributed by atoms with Crippen LogP contribution in [0.5, 0.6) is 5.75 Å². The van der Waals surface area contributed by atoms with Crippen molar-refractivity contribution in [2.75, 3.05) is 12.4 Å². The minimum atomic E-state index is -0.745. The molecule has 1 aliphatic heterocycles. The molecule has 1 saturated heterocycles. The average Bonchev–Trinajstić information content (AvgIpc) is 2.96. The number of nitrogens with one attached hydrogen (secondary N) is 1. The Balaban J connectivity index is 1.72. The molecule has 0 aromatic heterocycles. The van der Waals surface area contributed by atoms with Gasteiger partial charge in [0.05, 0.1) is 12.0 Å². The van der Waals surface area contributed by atoms with E-state index in [2.05, 4.69) is 5.32 Å². The molecule has 1 fully saturated rings. The maximum atomic E-state index is 12.8. The van der Waals surface area contributed by atoms with E-state index < -0.39 is 6.04 Å². The molecule has 0 bridgehead atoms. The summed E-state index contributed by atoms with van der Waals surface area (Å²) in [4.78, 5) is 27.2. The number of methoxy groups -OCH3 is 1. The molecule has 3 rings (SSSR count). The van der Waals surface area contributed by atoms with E-state index in [1.165, 1.54) is 16.7 Å². The van der Waals surface area contributed by atoms with Crippen LogP contribution in [0.2, 0.25) is 5.02 Å². The lowest BCUT2D eigenvalue weighted by Gasteiger charge is -2.22. The molecule has 1 heterocycles. The van der Waals surface area contributed by atoms with Crippen LogP contribution in [0.25, 0.3) is 6.08 Å². The van der Waals surface area contributed by atoms with Crippen LogP contribution in [-0.2, 0) is 9.59 Å². The Morgan fingerprint density at radius 2 is 1.86 bits per heavy atom. The third-order valence-electron chi connectivity index (χ3n) is 4.12. The predicted molar refractivity (Wildman–Crippen MR) is 118 cm³/mol. The summed E-state index contributed by atoms with van der Waals surface area (Å²) in [5.74, 6) is 0.0758. The summed E-state index contributed by atoms with van der Waals surface area (Å²) in [5.41, 5.74) is 1.44. The molecule has 2 amide bonds. The Morgan fingerprint density at radius 3 is 2.46 bits per heavy atom. The third kappa shape index (κ3) is 4.55. The lowest BCUT2D eigenvalue weighted by atomic mass is 10.2. The minimum absolute atomic E-state index is 0.290. The summed E-state index contributed by atoms with van der Waals surface area (Å²) in [6.45, 7) is 1.65. The number of amides is 2. The van der Waals surface area contributed by atoms with E-state index in [1.807, 2.05) is 12.1 Å². The molecule has 0 saturated carbocycles. The number of hydrogen-bond donors (Lipinski definition) is 1. The number of thioether (sulfide) groups is 1. The van der Waals surface area contributed by atoms with E-state index in [-0.39, 0.29) is 11.8 Å². The maximum Gasteiger partial charge on any atom is 0.266 e. The highest BCUT2D eigenvalue weighted by Gasteiger charge is 2.38. The molecular weight excluding hydrogens is 416 g/mol. The molecule has 1 N–H and O–H groups in total. The van der Waals surface area contributed by atoms with Crippen molar-refractivity contribution in [2.45, 2.75) is 13.0 Å². The number of ether oxygens (including phenoxy) is 1. The van der Waals surface area contributed by atoms with Gasteiger partial charge in [-0.25, -0.2) is 0 Å². The van der Waals surface area contributed by atoms with Gasteiger partial charge in [-0.15, -0.1) is 0 Å². The second kappa shape index (κ2) is 8.77. The van der Waals surface area contributed by atoms with Crippen LogP contribution in [-0.4, -0.2) is 34.2 Å². The number of benzene rings is 2. The molecule has 0 spiro atoms. The Labute approximate surface area is 177 Å². The first-order chi connectivity index (χ1) is 13.4. The smallest absolute Gasteiger partial charge is 0.266 e. The second-order valence-corrected chi connectivity index (χ2v) is 8.11. The standard InChI is InChI=1S/C20H17ClN2O3S2/c1-12(18(24)22-15-7-9-16(26-2)10-8-15)23-19(25)17(28-20(23)27)11-13-3-5-14(21)6-4-13/h3-12H,1-2H3,(H,22,24)/b17-11-. The molecular formula is C20H17ClN2O3S2. The van der Waals surface area contributed by atoms with Crippen molar-refractivity contribution in [3.05, 3.63) is 64.0 Å². The number of anilines is 1. The molecule has 1 aliphatic rings. The topological polar surface area (TPSA) is 58.6 Å². The van der Waals surface area contributed by atoms with E-state index in [0.717, 1.165) is 5.56 Å². The molecule has 2 aromatic rings. The van der Waals surface area contributed by atoms with Gasteiger partial charge in [-0.3, -0.25) is 14.5 Å². The molecule has 1 unspecified atom stereocenters. The number of carbonyl (C=O) groups is 2. The fraction of sp³-hybridized carbons (Fsp3) is 0.150. The average molecular weight is 433 g/mol. The normalized spacial score (nSPS) is 16.4. The number of rotatable bonds is 5. The van der Waals surface area contributed by atoms with Crippen molar-refractivity contribution in [1.29, 1.82) is 0 Å². The molecule has 144 valence electrons. The second-order valence-electron chi connectivity index (χ2n) is 6.00. The summed E-state index contributed by atoms with van der Waals surface area (Å²) < 4.78 is 5.45. The molecule has 2 aromatic carbocycles. The zero-order chi connectivity index (χ0) is 20.3. The highest BCUT2D eigenvalue weighted by atomic mass is 35.5. The van der Waals surface area contributed by atoms with Gasteiger partial charge >= 0.3 is 0 Å². The molecule has 0 aliphatic carbocycles. The quantitative estimate of drug-likeness (QED) is 0.553. The van der Waals surface area contributed by atoms with E-state index in [4.69, 9.17) is 28.6 Å². The van der Waals surface area contributed by atoms with Gasteiger partial charge in [-0.2, -0.15) is 0 Å². The fourth-order valence-corrected chi connectivity index (χ4v) is 4.11. The van der Waals surface area contributed by atoms with Crippen LogP contribution in [0.15, 0.2) is 53.4 Å². The van der Waals surface area contributed by atoms with Gasteiger partial charge in [0.15, 0.2) is 0 Å². The Bertz CT molecular complexity index is 943. The van der Waals surface area contributed by atoms with Crippen molar-refractivity contribution in [1.82, 2.24) is 4.90 Å². The summed E-state index contributed by atoms with van der Waals surface area (Å²) in [6, 6.07) is 13.3. The van der Waals surface area contributed by atoms with E-state index in [9.17, 15) is 9.59 Å². The highest BCUT2D eigenvalue weighted by molar-refractivity contribution is 8.26. The first-order valence-corrected chi connectivity index (χ1v) is 9.97. The number of carbonyl (C=O) groups excluding carboxylic acids is 2. The predicted octanol–water partition coefficient (Wildman–Crippen LogP) is 4.58. The monoisotopic (exact) mass is 432 g/mol. The van der Waals surface area contributed by atoms with Crippen LogP contribution >= 0.6 is 35.6 Å². The van der Waals surface area contributed by atoms with E-state index in [1.54, 1.807) is 56.5 Å². The summed E-state index contributed by atoms with van der Waals surface area (Å²) in [7, 11) is 1.57. The van der Waals surface area contributed by atoms with Gasteiger partial charge in [-0.05, 0) is 55.0 Å². The summed E-state index contributed by atoms with van der Waals surface area (Å²) in [5, 5.41) is 3.41. The Kier molecular flexibility index (Phi) is 6.39. The zero-order valence-electron chi connectivity index (χ0n) is 15.1. The molecule has 28 heavy (non-hydrogen) atoms. The molecule has 5 nitrogen and oxygen atoms in total. The van der Waals surface area contributed by atoms with E-state index >= 15 is 0 Å². The van der Waals surface area contributed by atoms with Crippen molar-refractivity contribution < 1.29 is 14.3 Å². The minimum Gasteiger partial charge on any atom is -0.497 e. The maximum absolute atomic E-state index is 12.8. The zero-order valence-corrected chi connectivity index (χ0v) is 17.5.